The molecule has 2 heterocycles. The van der Waals surface area contributed by atoms with Gasteiger partial charge >= 0.3 is 6.03 Å². The third-order valence-electron chi connectivity index (χ3n) is 5.66. The molecular formula is C21H18Cl2N4O2. The SMILES string of the molecule is CCN1C(=O)N(c2cc(Cl)cc(Cl)c2)C(=O)[C@]12CNC[C@@H]2c1ccc(C#N)cc1. The van der Waals surface area contributed by atoms with Crippen molar-refractivity contribution in [3.8, 4) is 6.07 Å². The summed E-state index contributed by atoms with van der Waals surface area (Å²) >= 11 is 12.2. The Kier molecular flexibility index (Phi) is 4.99. The van der Waals surface area contributed by atoms with Crippen molar-refractivity contribution in [2.45, 2.75) is 18.4 Å². The molecule has 0 unspecified atom stereocenters. The van der Waals surface area contributed by atoms with Crippen molar-refractivity contribution in [1.29, 1.82) is 5.26 Å². The highest BCUT2D eigenvalue weighted by Crippen LogP contribution is 2.44. The number of halogens is 2. The van der Waals surface area contributed by atoms with Gasteiger partial charge in [-0.1, -0.05) is 35.3 Å². The molecule has 29 heavy (non-hydrogen) atoms. The number of hydrogen-bond acceptors (Lipinski definition) is 4. The number of nitrogens with zero attached hydrogens (tertiary/aromatic N) is 3. The van der Waals surface area contributed by atoms with E-state index in [1.54, 1.807) is 35.2 Å². The lowest BCUT2D eigenvalue weighted by atomic mass is 9.80. The highest BCUT2D eigenvalue weighted by Gasteiger charge is 2.63. The van der Waals surface area contributed by atoms with Crippen LogP contribution in [-0.4, -0.2) is 42.0 Å². The first kappa shape index (κ1) is 19.7. The van der Waals surface area contributed by atoms with Crippen LogP contribution >= 0.6 is 23.2 Å². The number of nitrogens with one attached hydrogen (secondary N) is 1. The molecule has 2 aromatic carbocycles. The Balaban J connectivity index is 1.81. The predicted molar refractivity (Wildman–Crippen MR) is 111 cm³/mol. The molecule has 2 aromatic rings. The number of imide groups is 1. The molecule has 1 N–H and O–H groups in total. The Bertz CT molecular complexity index is 1010. The average molecular weight is 429 g/mol. The van der Waals surface area contributed by atoms with Crippen LogP contribution in [0.5, 0.6) is 0 Å². The van der Waals surface area contributed by atoms with Crippen molar-refractivity contribution in [2.24, 2.45) is 0 Å². The number of carbonyl (C=O) groups is 2. The fourth-order valence-electron chi connectivity index (χ4n) is 4.39. The van der Waals surface area contributed by atoms with Gasteiger partial charge in [-0.2, -0.15) is 5.26 Å². The lowest BCUT2D eigenvalue weighted by Gasteiger charge is -2.35. The number of urea groups is 1. The van der Waals surface area contributed by atoms with E-state index in [4.69, 9.17) is 28.5 Å². The second kappa shape index (κ2) is 7.34. The normalized spacial score (nSPS) is 23.9. The molecule has 0 saturated carbocycles. The van der Waals surface area contributed by atoms with Gasteiger partial charge in [0.2, 0.25) is 0 Å². The van der Waals surface area contributed by atoms with Gasteiger partial charge in [-0.25, -0.2) is 9.69 Å². The summed E-state index contributed by atoms with van der Waals surface area (Å²) in [5, 5.41) is 13.1. The summed E-state index contributed by atoms with van der Waals surface area (Å²) in [5.74, 6) is -0.548. The van der Waals surface area contributed by atoms with Crippen LogP contribution in [0.25, 0.3) is 0 Å². The molecule has 3 amide bonds. The van der Waals surface area contributed by atoms with Crippen LogP contribution in [0.4, 0.5) is 10.5 Å². The zero-order valence-electron chi connectivity index (χ0n) is 15.7. The fraction of sp³-hybridized carbons (Fsp3) is 0.286. The van der Waals surface area contributed by atoms with Crippen molar-refractivity contribution in [2.75, 3.05) is 24.5 Å². The zero-order valence-corrected chi connectivity index (χ0v) is 17.2. The van der Waals surface area contributed by atoms with E-state index in [0.717, 1.165) is 5.56 Å². The molecule has 2 aliphatic heterocycles. The van der Waals surface area contributed by atoms with Crippen molar-refractivity contribution >= 4 is 40.8 Å². The molecule has 2 saturated heterocycles. The Morgan fingerprint density at radius 3 is 2.41 bits per heavy atom. The van der Waals surface area contributed by atoms with E-state index < -0.39 is 11.6 Å². The molecule has 4 rings (SSSR count). The van der Waals surface area contributed by atoms with Gasteiger partial charge in [0.1, 0.15) is 5.54 Å². The maximum Gasteiger partial charge on any atom is 0.332 e. The molecule has 2 fully saturated rings. The molecule has 0 aromatic heterocycles. The van der Waals surface area contributed by atoms with E-state index in [0.29, 0.717) is 40.9 Å². The van der Waals surface area contributed by atoms with Crippen molar-refractivity contribution in [3.63, 3.8) is 0 Å². The summed E-state index contributed by atoms with van der Waals surface area (Å²) in [6.45, 7) is 3.13. The molecule has 0 bridgehead atoms. The Morgan fingerprint density at radius 2 is 1.83 bits per heavy atom. The van der Waals surface area contributed by atoms with Crippen molar-refractivity contribution in [1.82, 2.24) is 10.2 Å². The van der Waals surface area contributed by atoms with Gasteiger partial charge in [-0.15, -0.1) is 0 Å². The fourth-order valence-corrected chi connectivity index (χ4v) is 4.91. The summed E-state index contributed by atoms with van der Waals surface area (Å²) in [6, 6.07) is 13.6. The summed E-state index contributed by atoms with van der Waals surface area (Å²) in [5.41, 5.74) is 0.761. The molecule has 8 heteroatoms. The maximum absolute atomic E-state index is 13.7. The van der Waals surface area contributed by atoms with Crippen LogP contribution in [-0.2, 0) is 4.79 Å². The minimum Gasteiger partial charge on any atom is -0.313 e. The van der Waals surface area contributed by atoms with Crippen LogP contribution in [0.15, 0.2) is 42.5 Å². The molecular weight excluding hydrogens is 411 g/mol. The minimum absolute atomic E-state index is 0.244. The second-order valence-corrected chi connectivity index (χ2v) is 8.01. The summed E-state index contributed by atoms with van der Waals surface area (Å²) < 4.78 is 0. The van der Waals surface area contributed by atoms with Gasteiger partial charge < -0.3 is 10.2 Å². The van der Waals surface area contributed by atoms with Gasteiger partial charge in [0.05, 0.1) is 17.3 Å². The highest BCUT2D eigenvalue weighted by atomic mass is 35.5. The molecule has 2 aliphatic rings. The number of rotatable bonds is 3. The Labute approximate surface area is 178 Å². The summed E-state index contributed by atoms with van der Waals surface area (Å²) in [7, 11) is 0. The lowest BCUT2D eigenvalue weighted by molar-refractivity contribution is -0.124. The first-order chi connectivity index (χ1) is 13.9. The van der Waals surface area contributed by atoms with Crippen LogP contribution in [0.3, 0.4) is 0 Å². The summed E-state index contributed by atoms with van der Waals surface area (Å²) in [4.78, 5) is 29.8. The lowest BCUT2D eigenvalue weighted by Crippen LogP contribution is -2.54. The quantitative estimate of drug-likeness (QED) is 0.754. The monoisotopic (exact) mass is 428 g/mol. The number of carbonyl (C=O) groups excluding carboxylic acids is 2. The standard InChI is InChI=1S/C21H18Cl2N4O2/c1-2-26-20(29)27(17-8-15(22)7-16(23)9-17)19(28)21(26)12-25-11-18(21)14-5-3-13(10-24)4-6-14/h3-9,18,25H,2,11-12H2,1H3/t18-,21-/m1/s1. The van der Waals surface area contributed by atoms with E-state index >= 15 is 0 Å². The van der Waals surface area contributed by atoms with Gasteiger partial charge in [0.15, 0.2) is 0 Å². The van der Waals surface area contributed by atoms with Crippen LogP contribution in [0.1, 0.15) is 24.0 Å². The van der Waals surface area contributed by atoms with E-state index in [1.807, 2.05) is 19.1 Å². The second-order valence-electron chi connectivity index (χ2n) is 7.14. The first-order valence-corrected chi connectivity index (χ1v) is 10.0. The Hall–Kier alpha value is -2.59. The number of anilines is 1. The number of hydrogen-bond donors (Lipinski definition) is 1. The topological polar surface area (TPSA) is 76.4 Å². The molecule has 148 valence electrons. The maximum atomic E-state index is 13.7. The third kappa shape index (κ3) is 2.98. The number of nitriles is 1. The zero-order chi connectivity index (χ0) is 20.8. The van der Waals surface area contributed by atoms with Crippen LogP contribution in [0.2, 0.25) is 10.0 Å². The van der Waals surface area contributed by atoms with Gasteiger partial charge in [0.25, 0.3) is 5.91 Å². The van der Waals surface area contributed by atoms with Gasteiger partial charge in [0, 0.05) is 35.6 Å². The predicted octanol–water partition coefficient (Wildman–Crippen LogP) is 3.78. The van der Waals surface area contributed by atoms with Gasteiger partial charge in [-0.05, 0) is 42.8 Å². The molecule has 1 spiro atoms. The van der Waals surface area contributed by atoms with Gasteiger partial charge in [-0.3, -0.25) is 4.79 Å². The van der Waals surface area contributed by atoms with E-state index in [1.165, 1.54) is 4.90 Å². The van der Waals surface area contributed by atoms with Crippen molar-refractivity contribution < 1.29 is 9.59 Å². The highest BCUT2D eigenvalue weighted by molar-refractivity contribution is 6.35. The number of likely N-dealkylation sites (N-methyl/N-ethyl adjacent to an activating group) is 1. The number of amides is 3. The van der Waals surface area contributed by atoms with Crippen molar-refractivity contribution in [3.05, 3.63) is 63.6 Å². The number of benzene rings is 2. The first-order valence-electron chi connectivity index (χ1n) is 9.25. The molecule has 6 nitrogen and oxygen atoms in total. The third-order valence-corrected chi connectivity index (χ3v) is 6.10. The van der Waals surface area contributed by atoms with Crippen LogP contribution < -0.4 is 10.2 Å². The largest absolute Gasteiger partial charge is 0.332 e. The molecule has 2 atom stereocenters. The summed E-state index contributed by atoms with van der Waals surface area (Å²) in [6.07, 6.45) is 0. The van der Waals surface area contributed by atoms with E-state index in [9.17, 15) is 9.59 Å². The minimum atomic E-state index is -1.05. The molecule has 0 aliphatic carbocycles. The average Bonchev–Trinajstić information content (AvgIpc) is 3.21. The molecule has 0 radical (unpaired) electrons. The smallest absolute Gasteiger partial charge is 0.313 e. The van der Waals surface area contributed by atoms with Crippen LogP contribution in [0, 0.1) is 11.3 Å². The van der Waals surface area contributed by atoms with E-state index in [-0.39, 0.29) is 11.8 Å². The Morgan fingerprint density at radius 1 is 1.17 bits per heavy atom. The van der Waals surface area contributed by atoms with E-state index in [2.05, 4.69) is 11.4 Å².